The van der Waals surface area contributed by atoms with Crippen LogP contribution in [0.5, 0.6) is 0 Å². The molecule has 1 aromatic heterocycles. The van der Waals surface area contributed by atoms with E-state index in [0.29, 0.717) is 6.54 Å². The highest BCUT2D eigenvalue weighted by atomic mass is 16.2. The van der Waals surface area contributed by atoms with E-state index >= 15 is 0 Å². The van der Waals surface area contributed by atoms with Crippen molar-refractivity contribution in [2.45, 2.75) is 19.3 Å². The molecule has 1 heterocycles. The molecule has 0 aliphatic carbocycles. The van der Waals surface area contributed by atoms with Crippen LogP contribution < -0.4 is 10.9 Å². The lowest BCUT2D eigenvalue weighted by atomic mass is 9.96. The molecule has 0 radical (unpaired) electrons. The lowest BCUT2D eigenvalue weighted by Crippen LogP contribution is -2.29. The maximum Gasteiger partial charge on any atom is 0.271 e. The quantitative estimate of drug-likeness (QED) is 0.869. The summed E-state index contributed by atoms with van der Waals surface area (Å²) in [6.45, 7) is 2.63. The van der Waals surface area contributed by atoms with Gasteiger partial charge in [-0.3, -0.25) is 9.59 Å². The Balaban J connectivity index is 1.98. The Morgan fingerprint density at radius 2 is 2.00 bits per heavy atom. The second kappa shape index (κ2) is 6.65. The summed E-state index contributed by atoms with van der Waals surface area (Å²) in [6, 6.07) is 12.8. The Morgan fingerprint density at radius 1 is 1.25 bits per heavy atom. The zero-order valence-corrected chi connectivity index (χ0v) is 11.3. The van der Waals surface area contributed by atoms with Crippen molar-refractivity contribution in [2.75, 3.05) is 6.54 Å². The molecule has 0 fully saturated rings. The fourth-order valence-electron chi connectivity index (χ4n) is 2.00. The molecule has 0 saturated heterocycles. The minimum Gasteiger partial charge on any atom is -0.350 e. The standard InChI is InChI=1S/C15H17N3O2/c1-2-11(12-6-4-3-5-7-12)10-16-15(20)13-8-9-14(19)18-17-13/h3-9,11H,2,10H2,1H3,(H,16,20)(H,18,19)/t11-/m1/s1. The summed E-state index contributed by atoms with van der Waals surface area (Å²) < 4.78 is 0. The third kappa shape index (κ3) is 3.54. The molecule has 1 atom stereocenters. The van der Waals surface area contributed by atoms with Crippen molar-refractivity contribution in [2.24, 2.45) is 0 Å². The predicted octanol–water partition coefficient (Wildman–Crippen LogP) is 1.69. The summed E-state index contributed by atoms with van der Waals surface area (Å²) in [6.07, 6.45) is 0.934. The van der Waals surface area contributed by atoms with Crippen LogP contribution in [0.25, 0.3) is 0 Å². The molecule has 0 aliphatic rings. The molecule has 0 unspecified atom stereocenters. The molecule has 1 aromatic carbocycles. The molecular weight excluding hydrogens is 254 g/mol. The van der Waals surface area contributed by atoms with Crippen LogP contribution in [0.2, 0.25) is 0 Å². The van der Waals surface area contributed by atoms with Crippen molar-refractivity contribution in [1.29, 1.82) is 0 Å². The highest BCUT2D eigenvalue weighted by Gasteiger charge is 2.12. The molecule has 2 rings (SSSR count). The van der Waals surface area contributed by atoms with Gasteiger partial charge in [-0.2, -0.15) is 5.10 Å². The zero-order valence-electron chi connectivity index (χ0n) is 11.3. The van der Waals surface area contributed by atoms with E-state index in [-0.39, 0.29) is 23.1 Å². The fourth-order valence-corrected chi connectivity index (χ4v) is 2.00. The van der Waals surface area contributed by atoms with Gasteiger partial charge in [0.1, 0.15) is 5.69 Å². The van der Waals surface area contributed by atoms with E-state index in [1.54, 1.807) is 0 Å². The molecule has 0 bridgehead atoms. The van der Waals surface area contributed by atoms with Crippen LogP contribution >= 0.6 is 0 Å². The normalized spacial score (nSPS) is 11.8. The Hall–Kier alpha value is -2.43. The van der Waals surface area contributed by atoms with Crippen LogP contribution in [0.15, 0.2) is 47.3 Å². The van der Waals surface area contributed by atoms with Gasteiger partial charge in [0.25, 0.3) is 11.5 Å². The number of hydrogen-bond acceptors (Lipinski definition) is 3. The molecule has 1 amide bonds. The number of carbonyl (C=O) groups excluding carboxylic acids is 1. The van der Waals surface area contributed by atoms with Gasteiger partial charge in [0.15, 0.2) is 0 Å². The van der Waals surface area contributed by atoms with Gasteiger partial charge in [0.2, 0.25) is 0 Å². The molecule has 2 N–H and O–H groups in total. The number of aromatic nitrogens is 2. The van der Waals surface area contributed by atoms with Crippen LogP contribution in [0.1, 0.15) is 35.3 Å². The van der Waals surface area contributed by atoms with Gasteiger partial charge in [-0.25, -0.2) is 5.10 Å². The molecule has 0 spiro atoms. The van der Waals surface area contributed by atoms with Gasteiger partial charge < -0.3 is 5.32 Å². The molecular formula is C15H17N3O2. The van der Waals surface area contributed by atoms with E-state index in [2.05, 4.69) is 34.6 Å². The summed E-state index contributed by atoms with van der Waals surface area (Å²) in [5.41, 5.74) is 1.09. The lowest BCUT2D eigenvalue weighted by Gasteiger charge is -2.15. The van der Waals surface area contributed by atoms with E-state index in [9.17, 15) is 9.59 Å². The van der Waals surface area contributed by atoms with Crippen LogP contribution in [-0.2, 0) is 0 Å². The maximum absolute atomic E-state index is 11.9. The summed E-state index contributed by atoms with van der Waals surface area (Å²) in [4.78, 5) is 22.8. The summed E-state index contributed by atoms with van der Waals surface area (Å²) >= 11 is 0. The van der Waals surface area contributed by atoms with Gasteiger partial charge in [0, 0.05) is 18.5 Å². The van der Waals surface area contributed by atoms with Crippen LogP contribution in [0.4, 0.5) is 0 Å². The highest BCUT2D eigenvalue weighted by Crippen LogP contribution is 2.17. The van der Waals surface area contributed by atoms with Gasteiger partial charge in [-0.05, 0) is 18.1 Å². The van der Waals surface area contributed by atoms with Crippen LogP contribution in [0, 0.1) is 0 Å². The first-order chi connectivity index (χ1) is 9.70. The van der Waals surface area contributed by atoms with E-state index < -0.39 is 0 Å². The van der Waals surface area contributed by atoms with Crippen molar-refractivity contribution in [3.05, 3.63) is 64.1 Å². The third-order valence-corrected chi connectivity index (χ3v) is 3.18. The first-order valence-electron chi connectivity index (χ1n) is 6.59. The summed E-state index contributed by atoms with van der Waals surface area (Å²) in [5.74, 6) is -0.0152. The van der Waals surface area contributed by atoms with Crippen molar-refractivity contribution in [1.82, 2.24) is 15.5 Å². The van der Waals surface area contributed by atoms with Crippen molar-refractivity contribution in [3.8, 4) is 0 Å². The van der Waals surface area contributed by atoms with Gasteiger partial charge in [-0.1, -0.05) is 37.3 Å². The van der Waals surface area contributed by atoms with E-state index in [0.717, 1.165) is 6.42 Å². The maximum atomic E-state index is 11.9. The second-order valence-electron chi connectivity index (χ2n) is 4.53. The number of nitrogens with one attached hydrogen (secondary N) is 2. The van der Waals surface area contributed by atoms with Crippen LogP contribution in [-0.4, -0.2) is 22.6 Å². The smallest absolute Gasteiger partial charge is 0.271 e. The predicted molar refractivity (Wildman–Crippen MR) is 76.7 cm³/mol. The molecule has 0 saturated carbocycles. The Kier molecular flexibility index (Phi) is 4.65. The monoisotopic (exact) mass is 271 g/mol. The first-order valence-corrected chi connectivity index (χ1v) is 6.59. The largest absolute Gasteiger partial charge is 0.350 e. The van der Waals surface area contributed by atoms with Crippen molar-refractivity contribution < 1.29 is 4.79 Å². The highest BCUT2D eigenvalue weighted by molar-refractivity contribution is 5.91. The topological polar surface area (TPSA) is 74.8 Å². The Morgan fingerprint density at radius 3 is 2.60 bits per heavy atom. The Labute approximate surface area is 117 Å². The minimum absolute atomic E-state index is 0.215. The fraction of sp³-hybridized carbons (Fsp3) is 0.267. The number of carbonyl (C=O) groups is 1. The minimum atomic E-state index is -0.322. The summed E-state index contributed by atoms with van der Waals surface area (Å²) in [5, 5.41) is 8.80. The van der Waals surface area contributed by atoms with Crippen molar-refractivity contribution >= 4 is 5.91 Å². The van der Waals surface area contributed by atoms with E-state index in [1.807, 2.05) is 18.2 Å². The number of rotatable bonds is 5. The molecule has 20 heavy (non-hydrogen) atoms. The van der Waals surface area contributed by atoms with Crippen molar-refractivity contribution in [3.63, 3.8) is 0 Å². The van der Waals surface area contributed by atoms with Gasteiger partial charge >= 0.3 is 0 Å². The summed E-state index contributed by atoms with van der Waals surface area (Å²) in [7, 11) is 0. The SMILES string of the molecule is CC[C@H](CNC(=O)c1ccc(=O)[nH]n1)c1ccccc1. The van der Waals surface area contributed by atoms with Gasteiger partial charge in [0.05, 0.1) is 0 Å². The van der Waals surface area contributed by atoms with E-state index in [1.165, 1.54) is 17.7 Å². The number of aromatic amines is 1. The average Bonchev–Trinajstić information content (AvgIpc) is 2.49. The van der Waals surface area contributed by atoms with E-state index in [4.69, 9.17) is 0 Å². The van der Waals surface area contributed by atoms with Gasteiger partial charge in [-0.15, -0.1) is 0 Å². The second-order valence-corrected chi connectivity index (χ2v) is 4.53. The third-order valence-electron chi connectivity index (χ3n) is 3.18. The number of H-pyrrole nitrogens is 1. The molecule has 0 aliphatic heterocycles. The molecule has 2 aromatic rings. The number of hydrogen-bond donors (Lipinski definition) is 2. The molecule has 104 valence electrons. The number of nitrogens with zero attached hydrogens (tertiary/aromatic N) is 1. The Bertz CT molecular complexity index is 602. The number of amides is 1. The average molecular weight is 271 g/mol. The molecule has 5 heteroatoms. The lowest BCUT2D eigenvalue weighted by molar-refractivity contribution is 0.0945. The van der Waals surface area contributed by atoms with Crippen LogP contribution in [0.3, 0.4) is 0 Å². The molecule has 5 nitrogen and oxygen atoms in total. The first kappa shape index (κ1) is 14.0. The number of benzene rings is 1. The zero-order chi connectivity index (χ0) is 14.4.